The molecule has 1 unspecified atom stereocenters. The van der Waals surface area contributed by atoms with Crippen molar-refractivity contribution in [1.29, 1.82) is 0 Å². The van der Waals surface area contributed by atoms with Crippen molar-refractivity contribution >= 4 is 22.7 Å². The molecule has 1 N–H and O–H groups in total. The van der Waals surface area contributed by atoms with E-state index in [1.807, 2.05) is 35.2 Å². The van der Waals surface area contributed by atoms with Crippen molar-refractivity contribution in [3.8, 4) is 0 Å². The van der Waals surface area contributed by atoms with Crippen LogP contribution in [0.4, 0.5) is 0 Å². The van der Waals surface area contributed by atoms with E-state index < -0.39 is 0 Å². The molecule has 156 valence electrons. The third kappa shape index (κ3) is 4.90. The van der Waals surface area contributed by atoms with Crippen LogP contribution in [0.25, 0.3) is 10.9 Å². The van der Waals surface area contributed by atoms with Gasteiger partial charge in [-0.2, -0.15) is 0 Å². The fraction of sp³-hybridized carbons (Fsp3) is 0.360. The summed E-state index contributed by atoms with van der Waals surface area (Å²) in [5.41, 5.74) is 2.47. The molecule has 0 aliphatic carbocycles. The molecule has 1 aliphatic rings. The van der Waals surface area contributed by atoms with Gasteiger partial charge in [0, 0.05) is 44.3 Å². The van der Waals surface area contributed by atoms with Crippen LogP contribution in [-0.4, -0.2) is 40.9 Å². The van der Waals surface area contributed by atoms with Gasteiger partial charge in [-0.1, -0.05) is 48.5 Å². The number of hydrogen-bond acceptors (Lipinski definition) is 2. The van der Waals surface area contributed by atoms with E-state index in [0.29, 0.717) is 32.5 Å². The van der Waals surface area contributed by atoms with Gasteiger partial charge in [-0.05, 0) is 42.3 Å². The van der Waals surface area contributed by atoms with Crippen molar-refractivity contribution < 1.29 is 9.59 Å². The zero-order valence-corrected chi connectivity index (χ0v) is 17.3. The van der Waals surface area contributed by atoms with E-state index in [2.05, 4.69) is 46.4 Å². The number of aryl methyl sites for hydroxylation is 1. The highest BCUT2D eigenvalue weighted by molar-refractivity contribution is 5.84. The lowest BCUT2D eigenvalue weighted by atomic mass is 9.96. The number of para-hydroxylation sites is 1. The first-order valence-corrected chi connectivity index (χ1v) is 10.8. The van der Waals surface area contributed by atoms with Gasteiger partial charge in [0.2, 0.25) is 11.8 Å². The van der Waals surface area contributed by atoms with E-state index in [-0.39, 0.29) is 17.7 Å². The zero-order valence-electron chi connectivity index (χ0n) is 17.3. The minimum atomic E-state index is -0.110. The van der Waals surface area contributed by atoms with Gasteiger partial charge in [-0.3, -0.25) is 9.59 Å². The molecule has 30 heavy (non-hydrogen) atoms. The normalized spacial score (nSPS) is 16.7. The van der Waals surface area contributed by atoms with Crippen LogP contribution in [0.15, 0.2) is 66.9 Å². The quantitative estimate of drug-likeness (QED) is 0.624. The minimum Gasteiger partial charge on any atom is -0.354 e. The third-order valence-electron chi connectivity index (χ3n) is 5.94. The summed E-state index contributed by atoms with van der Waals surface area (Å²) in [6, 6.07) is 20.7. The number of carbonyl (C=O) groups excluding carboxylic acids is 2. The third-order valence-corrected chi connectivity index (χ3v) is 5.94. The summed E-state index contributed by atoms with van der Waals surface area (Å²) < 4.78 is 2.16. The van der Waals surface area contributed by atoms with Gasteiger partial charge in [-0.25, -0.2) is 0 Å². The molecule has 2 heterocycles. The van der Waals surface area contributed by atoms with Crippen molar-refractivity contribution in [3.05, 3.63) is 72.4 Å². The van der Waals surface area contributed by atoms with Gasteiger partial charge in [0.15, 0.2) is 0 Å². The van der Waals surface area contributed by atoms with Crippen LogP contribution in [0, 0.1) is 5.92 Å². The topological polar surface area (TPSA) is 54.3 Å². The second-order valence-electron chi connectivity index (χ2n) is 8.02. The molecule has 5 nitrogen and oxygen atoms in total. The van der Waals surface area contributed by atoms with Gasteiger partial charge < -0.3 is 14.8 Å². The molecule has 4 rings (SSSR count). The molecule has 0 spiro atoms. The Morgan fingerprint density at radius 3 is 2.67 bits per heavy atom. The predicted octanol–water partition coefficient (Wildman–Crippen LogP) is 3.63. The maximum atomic E-state index is 12.7. The van der Waals surface area contributed by atoms with Crippen molar-refractivity contribution in [2.24, 2.45) is 5.92 Å². The van der Waals surface area contributed by atoms with Gasteiger partial charge in [0.25, 0.3) is 0 Å². The summed E-state index contributed by atoms with van der Waals surface area (Å²) in [7, 11) is 0. The average molecular weight is 404 g/mol. The highest BCUT2D eigenvalue weighted by Gasteiger charge is 2.29. The average Bonchev–Trinajstić information content (AvgIpc) is 3.19. The highest BCUT2D eigenvalue weighted by Crippen LogP contribution is 2.19. The molecule has 1 aromatic heterocycles. The van der Waals surface area contributed by atoms with Gasteiger partial charge in [0.1, 0.15) is 0 Å². The van der Waals surface area contributed by atoms with Crippen LogP contribution in [0.2, 0.25) is 0 Å². The highest BCUT2D eigenvalue weighted by atomic mass is 16.2. The largest absolute Gasteiger partial charge is 0.354 e. The minimum absolute atomic E-state index is 0.0621. The number of rotatable bonds is 8. The van der Waals surface area contributed by atoms with E-state index in [4.69, 9.17) is 0 Å². The van der Waals surface area contributed by atoms with E-state index >= 15 is 0 Å². The van der Waals surface area contributed by atoms with Crippen molar-refractivity contribution in [3.63, 3.8) is 0 Å². The lowest BCUT2D eigenvalue weighted by Crippen LogP contribution is -2.46. The van der Waals surface area contributed by atoms with Crippen molar-refractivity contribution in [2.45, 2.75) is 32.2 Å². The smallest absolute Gasteiger partial charge is 0.224 e. The molecular formula is C25H29N3O2. The Hall–Kier alpha value is -3.08. The molecule has 1 atom stereocenters. The Morgan fingerprint density at radius 2 is 1.80 bits per heavy atom. The van der Waals surface area contributed by atoms with Crippen LogP contribution >= 0.6 is 0 Å². The second-order valence-corrected chi connectivity index (χ2v) is 8.02. The van der Waals surface area contributed by atoms with Gasteiger partial charge >= 0.3 is 0 Å². The number of amides is 2. The fourth-order valence-electron chi connectivity index (χ4n) is 4.24. The summed E-state index contributed by atoms with van der Waals surface area (Å²) in [4.78, 5) is 26.8. The number of nitrogens with one attached hydrogen (secondary N) is 1. The number of nitrogens with zero attached hydrogens (tertiary/aromatic N) is 2. The lowest BCUT2D eigenvalue weighted by Gasteiger charge is -2.32. The Labute approximate surface area is 177 Å². The Kier molecular flexibility index (Phi) is 6.47. The molecule has 3 aromatic rings. The Morgan fingerprint density at radius 1 is 1.00 bits per heavy atom. The summed E-state index contributed by atoms with van der Waals surface area (Å²) in [6.45, 7) is 2.58. The molecule has 0 radical (unpaired) electrons. The predicted molar refractivity (Wildman–Crippen MR) is 119 cm³/mol. The number of piperidine rings is 1. The molecule has 0 saturated carbocycles. The molecule has 0 bridgehead atoms. The first kappa shape index (κ1) is 20.2. The summed E-state index contributed by atoms with van der Waals surface area (Å²) in [5.74, 6) is 0.124. The Bertz CT molecular complexity index is 996. The second kappa shape index (κ2) is 9.61. The maximum absolute atomic E-state index is 12.7. The number of benzene rings is 2. The van der Waals surface area contributed by atoms with Crippen LogP contribution in [0.1, 0.15) is 24.8 Å². The maximum Gasteiger partial charge on any atom is 0.224 e. The van der Waals surface area contributed by atoms with Crippen molar-refractivity contribution in [1.82, 2.24) is 14.8 Å². The molecule has 1 aliphatic heterocycles. The molecule has 1 fully saturated rings. The van der Waals surface area contributed by atoms with Gasteiger partial charge in [0.05, 0.1) is 5.92 Å². The standard InChI is InChI=1S/C25H29N3O2/c29-24-13-12-22(19-28(24)16-6-9-20-7-2-1-3-8-20)25(30)26-15-18-27-17-14-21-10-4-5-11-23(21)27/h1-5,7-8,10-11,14,17,22H,6,9,12-13,15-16,18-19H2,(H,26,30). The van der Waals surface area contributed by atoms with Crippen molar-refractivity contribution in [2.75, 3.05) is 19.6 Å². The molecule has 2 aromatic carbocycles. The SMILES string of the molecule is O=C(NCCn1ccc2ccccc21)C1CCC(=O)N(CCCc2ccccc2)C1. The fourth-order valence-corrected chi connectivity index (χ4v) is 4.24. The van der Waals surface area contributed by atoms with Crippen LogP contribution in [0.5, 0.6) is 0 Å². The number of aromatic nitrogens is 1. The first-order chi connectivity index (χ1) is 14.7. The summed E-state index contributed by atoms with van der Waals surface area (Å²) in [5, 5.41) is 4.28. The summed E-state index contributed by atoms with van der Waals surface area (Å²) >= 11 is 0. The van der Waals surface area contributed by atoms with E-state index in [1.54, 1.807) is 0 Å². The zero-order chi connectivity index (χ0) is 20.8. The van der Waals surface area contributed by atoms with E-state index in [1.165, 1.54) is 16.5 Å². The van der Waals surface area contributed by atoms with E-state index in [0.717, 1.165) is 19.4 Å². The first-order valence-electron chi connectivity index (χ1n) is 10.8. The summed E-state index contributed by atoms with van der Waals surface area (Å²) in [6.07, 6.45) is 5.04. The molecular weight excluding hydrogens is 374 g/mol. The molecule has 1 saturated heterocycles. The van der Waals surface area contributed by atoms with Crippen LogP contribution in [0.3, 0.4) is 0 Å². The Balaban J connectivity index is 1.24. The number of hydrogen-bond donors (Lipinski definition) is 1. The van der Waals surface area contributed by atoms with Crippen LogP contribution in [-0.2, 0) is 22.6 Å². The molecule has 2 amide bonds. The number of carbonyl (C=O) groups is 2. The number of likely N-dealkylation sites (tertiary alicyclic amines) is 1. The van der Waals surface area contributed by atoms with Crippen LogP contribution < -0.4 is 5.32 Å². The monoisotopic (exact) mass is 403 g/mol. The van der Waals surface area contributed by atoms with E-state index in [9.17, 15) is 9.59 Å². The number of fused-ring (bicyclic) bond motifs is 1. The lowest BCUT2D eigenvalue weighted by molar-refractivity contribution is -0.138. The molecule has 5 heteroatoms. The van der Waals surface area contributed by atoms with Gasteiger partial charge in [-0.15, -0.1) is 0 Å².